The van der Waals surface area contributed by atoms with Crippen LogP contribution >= 0.6 is 0 Å². The number of nitrogens with one attached hydrogen (secondary N) is 1. The molecular formula is C14H26N4. The SMILES string of the molecule is CCCNc1ncc(C)c(N(C)CC(C)CC)n1. The summed E-state index contributed by atoms with van der Waals surface area (Å²) >= 11 is 0. The first-order valence-electron chi connectivity index (χ1n) is 6.87. The Bertz CT molecular complexity index is 365. The van der Waals surface area contributed by atoms with Crippen LogP contribution in [0.15, 0.2) is 6.20 Å². The lowest BCUT2D eigenvalue weighted by Crippen LogP contribution is -2.25. The Balaban J connectivity index is 2.79. The summed E-state index contributed by atoms with van der Waals surface area (Å²) in [6.45, 7) is 10.6. The summed E-state index contributed by atoms with van der Waals surface area (Å²) in [6, 6.07) is 0. The molecule has 18 heavy (non-hydrogen) atoms. The first kappa shape index (κ1) is 14.7. The lowest BCUT2D eigenvalue weighted by molar-refractivity contribution is 0.557. The van der Waals surface area contributed by atoms with E-state index in [1.165, 1.54) is 6.42 Å². The highest BCUT2D eigenvalue weighted by atomic mass is 15.2. The van der Waals surface area contributed by atoms with Crippen molar-refractivity contribution in [2.75, 3.05) is 30.4 Å². The summed E-state index contributed by atoms with van der Waals surface area (Å²) in [7, 11) is 2.10. The number of anilines is 2. The summed E-state index contributed by atoms with van der Waals surface area (Å²) in [5.41, 5.74) is 1.13. The van der Waals surface area contributed by atoms with Crippen LogP contribution in [-0.2, 0) is 0 Å². The van der Waals surface area contributed by atoms with E-state index in [1.807, 2.05) is 6.20 Å². The maximum absolute atomic E-state index is 4.60. The Labute approximate surface area is 111 Å². The molecule has 0 bridgehead atoms. The standard InChI is InChI=1S/C14H26N4/c1-6-8-15-14-16-9-12(4)13(17-14)18(5)10-11(3)7-2/h9,11H,6-8,10H2,1-5H3,(H,15,16,17). The molecule has 0 aliphatic carbocycles. The molecule has 0 spiro atoms. The number of hydrogen-bond acceptors (Lipinski definition) is 4. The lowest BCUT2D eigenvalue weighted by Gasteiger charge is -2.23. The summed E-state index contributed by atoms with van der Waals surface area (Å²) < 4.78 is 0. The first-order valence-corrected chi connectivity index (χ1v) is 6.87. The molecule has 0 aliphatic rings. The average Bonchev–Trinajstić information content (AvgIpc) is 2.37. The fourth-order valence-electron chi connectivity index (χ4n) is 1.82. The fourth-order valence-corrected chi connectivity index (χ4v) is 1.82. The Morgan fingerprint density at radius 3 is 2.72 bits per heavy atom. The molecule has 1 aromatic rings. The van der Waals surface area contributed by atoms with Crippen molar-refractivity contribution in [2.45, 2.75) is 40.5 Å². The molecule has 0 amide bonds. The highest BCUT2D eigenvalue weighted by molar-refractivity contribution is 5.48. The van der Waals surface area contributed by atoms with E-state index in [-0.39, 0.29) is 0 Å². The smallest absolute Gasteiger partial charge is 0.224 e. The Morgan fingerprint density at radius 1 is 1.39 bits per heavy atom. The number of aryl methyl sites for hydroxylation is 1. The molecule has 0 radical (unpaired) electrons. The molecule has 0 aliphatic heterocycles. The third-order valence-corrected chi connectivity index (χ3v) is 3.12. The zero-order valence-corrected chi connectivity index (χ0v) is 12.3. The van der Waals surface area contributed by atoms with Gasteiger partial charge in [0.15, 0.2) is 0 Å². The van der Waals surface area contributed by atoms with E-state index >= 15 is 0 Å². The summed E-state index contributed by atoms with van der Waals surface area (Å²) in [4.78, 5) is 11.1. The van der Waals surface area contributed by atoms with Crippen LogP contribution in [-0.4, -0.2) is 30.1 Å². The molecule has 0 aromatic carbocycles. The van der Waals surface area contributed by atoms with Gasteiger partial charge in [0, 0.05) is 31.9 Å². The van der Waals surface area contributed by atoms with Gasteiger partial charge in [-0.1, -0.05) is 27.2 Å². The van der Waals surface area contributed by atoms with Gasteiger partial charge in [-0.25, -0.2) is 4.98 Å². The molecule has 1 heterocycles. The fraction of sp³-hybridized carbons (Fsp3) is 0.714. The van der Waals surface area contributed by atoms with Crippen LogP contribution in [0, 0.1) is 12.8 Å². The number of rotatable bonds is 7. The predicted molar refractivity (Wildman–Crippen MR) is 78.3 cm³/mol. The molecule has 1 rings (SSSR count). The molecule has 1 N–H and O–H groups in total. The van der Waals surface area contributed by atoms with E-state index in [0.717, 1.165) is 36.8 Å². The van der Waals surface area contributed by atoms with Gasteiger partial charge in [0.05, 0.1) is 0 Å². The van der Waals surface area contributed by atoms with Gasteiger partial charge in [0.25, 0.3) is 0 Å². The molecule has 0 saturated carbocycles. The number of nitrogens with zero attached hydrogens (tertiary/aromatic N) is 3. The quantitative estimate of drug-likeness (QED) is 0.807. The van der Waals surface area contributed by atoms with Crippen LogP contribution in [0.1, 0.15) is 39.2 Å². The molecule has 4 nitrogen and oxygen atoms in total. The Hall–Kier alpha value is -1.32. The lowest BCUT2D eigenvalue weighted by atomic mass is 10.1. The Kier molecular flexibility index (Phi) is 5.89. The highest BCUT2D eigenvalue weighted by Crippen LogP contribution is 2.18. The van der Waals surface area contributed by atoms with Gasteiger partial charge in [-0.05, 0) is 19.3 Å². The second-order valence-electron chi connectivity index (χ2n) is 5.02. The zero-order valence-electron chi connectivity index (χ0n) is 12.3. The van der Waals surface area contributed by atoms with Crippen LogP contribution in [0.5, 0.6) is 0 Å². The van der Waals surface area contributed by atoms with Crippen molar-refractivity contribution in [2.24, 2.45) is 5.92 Å². The summed E-state index contributed by atoms with van der Waals surface area (Å²) in [6.07, 6.45) is 4.16. The van der Waals surface area contributed by atoms with Gasteiger partial charge < -0.3 is 10.2 Å². The topological polar surface area (TPSA) is 41.1 Å². The second-order valence-corrected chi connectivity index (χ2v) is 5.02. The third-order valence-electron chi connectivity index (χ3n) is 3.12. The van der Waals surface area contributed by atoms with Crippen molar-refractivity contribution in [3.05, 3.63) is 11.8 Å². The minimum atomic E-state index is 0.677. The highest BCUT2D eigenvalue weighted by Gasteiger charge is 2.11. The summed E-state index contributed by atoms with van der Waals surface area (Å²) in [5, 5.41) is 3.24. The van der Waals surface area contributed by atoms with Crippen molar-refractivity contribution in [3.63, 3.8) is 0 Å². The van der Waals surface area contributed by atoms with Gasteiger partial charge in [0.1, 0.15) is 5.82 Å². The van der Waals surface area contributed by atoms with E-state index < -0.39 is 0 Å². The van der Waals surface area contributed by atoms with Crippen LogP contribution in [0.3, 0.4) is 0 Å². The van der Waals surface area contributed by atoms with Crippen LogP contribution in [0.2, 0.25) is 0 Å². The van der Waals surface area contributed by atoms with Gasteiger partial charge in [-0.3, -0.25) is 0 Å². The minimum absolute atomic E-state index is 0.677. The molecule has 1 atom stereocenters. The number of aromatic nitrogens is 2. The van der Waals surface area contributed by atoms with Crippen LogP contribution in [0.4, 0.5) is 11.8 Å². The maximum Gasteiger partial charge on any atom is 0.224 e. The van der Waals surface area contributed by atoms with Crippen molar-refractivity contribution >= 4 is 11.8 Å². The summed E-state index contributed by atoms with van der Waals surface area (Å²) in [5.74, 6) is 2.44. The minimum Gasteiger partial charge on any atom is -0.359 e. The van der Waals surface area contributed by atoms with Gasteiger partial charge in [-0.2, -0.15) is 4.98 Å². The molecule has 0 fully saturated rings. The monoisotopic (exact) mass is 250 g/mol. The molecular weight excluding hydrogens is 224 g/mol. The molecule has 4 heteroatoms. The predicted octanol–water partition coefficient (Wildman–Crippen LogP) is 3.09. The normalized spacial score (nSPS) is 12.3. The van der Waals surface area contributed by atoms with Crippen molar-refractivity contribution in [1.29, 1.82) is 0 Å². The van der Waals surface area contributed by atoms with Crippen molar-refractivity contribution in [1.82, 2.24) is 9.97 Å². The molecule has 1 unspecified atom stereocenters. The van der Waals surface area contributed by atoms with E-state index in [4.69, 9.17) is 0 Å². The van der Waals surface area contributed by atoms with Gasteiger partial charge >= 0.3 is 0 Å². The molecule has 1 aromatic heterocycles. The Morgan fingerprint density at radius 2 is 2.11 bits per heavy atom. The van der Waals surface area contributed by atoms with E-state index in [2.05, 4.69) is 54.9 Å². The van der Waals surface area contributed by atoms with Crippen LogP contribution < -0.4 is 10.2 Å². The molecule has 102 valence electrons. The van der Waals surface area contributed by atoms with Gasteiger partial charge in [-0.15, -0.1) is 0 Å². The van der Waals surface area contributed by atoms with Gasteiger partial charge in [0.2, 0.25) is 5.95 Å². The first-order chi connectivity index (χ1) is 8.58. The second kappa shape index (κ2) is 7.19. The van der Waals surface area contributed by atoms with E-state index in [0.29, 0.717) is 5.92 Å². The van der Waals surface area contributed by atoms with Crippen molar-refractivity contribution < 1.29 is 0 Å². The maximum atomic E-state index is 4.60. The zero-order chi connectivity index (χ0) is 13.5. The van der Waals surface area contributed by atoms with E-state index in [1.54, 1.807) is 0 Å². The van der Waals surface area contributed by atoms with Crippen LogP contribution in [0.25, 0.3) is 0 Å². The third kappa shape index (κ3) is 4.17. The molecule has 0 saturated heterocycles. The largest absolute Gasteiger partial charge is 0.359 e. The number of hydrogen-bond donors (Lipinski definition) is 1. The average molecular weight is 250 g/mol. The van der Waals surface area contributed by atoms with Crippen molar-refractivity contribution in [3.8, 4) is 0 Å². The van der Waals surface area contributed by atoms with E-state index in [9.17, 15) is 0 Å².